The number of fused-ring (bicyclic) bond motifs is 1. The molecular weight excluding hydrogens is 242 g/mol. The molecular formula is C11H14BrNO. The van der Waals surface area contributed by atoms with E-state index in [1.165, 1.54) is 15.6 Å². The molecule has 0 aromatic heterocycles. The smallest absolute Gasteiger partial charge is 0.0619 e. The van der Waals surface area contributed by atoms with Gasteiger partial charge in [-0.15, -0.1) is 0 Å². The van der Waals surface area contributed by atoms with Gasteiger partial charge in [-0.25, -0.2) is 0 Å². The Hall–Kier alpha value is -0.380. The highest BCUT2D eigenvalue weighted by molar-refractivity contribution is 9.10. The van der Waals surface area contributed by atoms with Gasteiger partial charge in [-0.1, -0.05) is 28.1 Å². The largest absolute Gasteiger partial charge is 0.383 e. The van der Waals surface area contributed by atoms with Crippen molar-refractivity contribution in [2.75, 3.05) is 13.7 Å². The Morgan fingerprint density at radius 2 is 2.43 bits per heavy atom. The van der Waals surface area contributed by atoms with Gasteiger partial charge in [0, 0.05) is 24.2 Å². The van der Waals surface area contributed by atoms with Gasteiger partial charge >= 0.3 is 0 Å². The van der Waals surface area contributed by atoms with Gasteiger partial charge in [-0.3, -0.25) is 0 Å². The lowest BCUT2D eigenvalue weighted by atomic mass is 9.96. The van der Waals surface area contributed by atoms with Crippen LogP contribution in [0, 0.1) is 0 Å². The van der Waals surface area contributed by atoms with E-state index < -0.39 is 0 Å². The molecule has 2 rings (SSSR count). The van der Waals surface area contributed by atoms with Crippen molar-refractivity contribution in [3.05, 3.63) is 33.8 Å². The minimum Gasteiger partial charge on any atom is -0.383 e. The van der Waals surface area contributed by atoms with Crippen LogP contribution in [0.1, 0.15) is 11.1 Å². The van der Waals surface area contributed by atoms with Crippen molar-refractivity contribution >= 4 is 15.9 Å². The Balaban J connectivity index is 2.20. The summed E-state index contributed by atoms with van der Waals surface area (Å²) in [5, 5.41) is 3.46. The zero-order chi connectivity index (χ0) is 9.97. The first-order valence-electron chi connectivity index (χ1n) is 4.80. The maximum atomic E-state index is 5.16. The number of benzene rings is 1. The third-order valence-electron chi connectivity index (χ3n) is 2.62. The quantitative estimate of drug-likeness (QED) is 0.875. The molecule has 1 aromatic rings. The number of halogens is 1. The third kappa shape index (κ3) is 2.00. The number of hydrogen-bond acceptors (Lipinski definition) is 2. The van der Waals surface area contributed by atoms with E-state index in [9.17, 15) is 0 Å². The molecule has 0 fully saturated rings. The molecule has 1 aromatic carbocycles. The van der Waals surface area contributed by atoms with Crippen molar-refractivity contribution in [2.45, 2.75) is 19.0 Å². The first kappa shape index (κ1) is 10.1. The molecule has 1 atom stereocenters. The van der Waals surface area contributed by atoms with Gasteiger partial charge in [-0.05, 0) is 23.6 Å². The molecule has 1 aliphatic heterocycles. The Morgan fingerprint density at radius 3 is 3.21 bits per heavy atom. The van der Waals surface area contributed by atoms with E-state index in [-0.39, 0.29) is 0 Å². The monoisotopic (exact) mass is 255 g/mol. The molecule has 0 unspecified atom stereocenters. The minimum atomic E-state index is 0.450. The highest BCUT2D eigenvalue weighted by atomic mass is 79.9. The highest BCUT2D eigenvalue weighted by Gasteiger charge is 2.18. The van der Waals surface area contributed by atoms with Gasteiger partial charge in [0.05, 0.1) is 6.61 Å². The summed E-state index contributed by atoms with van der Waals surface area (Å²) in [7, 11) is 1.75. The van der Waals surface area contributed by atoms with E-state index in [1.807, 2.05) is 0 Å². The number of methoxy groups -OCH3 is 1. The Kier molecular flexibility index (Phi) is 3.21. The lowest BCUT2D eigenvalue weighted by molar-refractivity contribution is 0.162. The first-order valence-corrected chi connectivity index (χ1v) is 5.59. The summed E-state index contributed by atoms with van der Waals surface area (Å²) in [6, 6.07) is 6.82. The van der Waals surface area contributed by atoms with Crippen molar-refractivity contribution in [3.8, 4) is 0 Å². The lowest BCUT2D eigenvalue weighted by Crippen LogP contribution is -2.38. The van der Waals surface area contributed by atoms with Crippen molar-refractivity contribution in [1.82, 2.24) is 5.32 Å². The van der Waals surface area contributed by atoms with E-state index in [2.05, 4.69) is 39.4 Å². The summed E-state index contributed by atoms with van der Waals surface area (Å²) in [6.07, 6.45) is 1.05. The number of ether oxygens (including phenoxy) is 1. The zero-order valence-electron chi connectivity index (χ0n) is 8.22. The second-order valence-electron chi connectivity index (χ2n) is 3.61. The minimum absolute atomic E-state index is 0.450. The number of rotatable bonds is 2. The molecule has 1 N–H and O–H groups in total. The molecule has 0 saturated carbocycles. The second kappa shape index (κ2) is 4.43. The number of nitrogens with one attached hydrogen (secondary N) is 1. The van der Waals surface area contributed by atoms with E-state index in [4.69, 9.17) is 4.74 Å². The van der Waals surface area contributed by atoms with E-state index in [1.54, 1.807) is 7.11 Å². The predicted octanol–water partition coefficient (Wildman–Crippen LogP) is 2.11. The fourth-order valence-corrected chi connectivity index (χ4v) is 2.46. The Bertz CT molecular complexity index is 327. The molecule has 14 heavy (non-hydrogen) atoms. The SMILES string of the molecule is COC[C@H]1Cc2c(Br)cccc2CN1. The van der Waals surface area contributed by atoms with Gasteiger partial charge in [0.2, 0.25) is 0 Å². The van der Waals surface area contributed by atoms with Gasteiger partial charge in [0.1, 0.15) is 0 Å². The molecule has 0 amide bonds. The van der Waals surface area contributed by atoms with Crippen LogP contribution in [0.15, 0.2) is 22.7 Å². The first-order chi connectivity index (χ1) is 6.81. The summed E-state index contributed by atoms with van der Waals surface area (Å²) >= 11 is 3.59. The molecule has 3 heteroatoms. The zero-order valence-corrected chi connectivity index (χ0v) is 9.80. The Labute approximate surface area is 92.8 Å². The van der Waals surface area contributed by atoms with Crippen molar-refractivity contribution in [3.63, 3.8) is 0 Å². The van der Waals surface area contributed by atoms with Gasteiger partial charge < -0.3 is 10.1 Å². The highest BCUT2D eigenvalue weighted by Crippen LogP contribution is 2.25. The molecule has 0 bridgehead atoms. The van der Waals surface area contributed by atoms with Crippen molar-refractivity contribution < 1.29 is 4.74 Å². The molecule has 0 aliphatic carbocycles. The van der Waals surface area contributed by atoms with Crippen LogP contribution in [-0.2, 0) is 17.7 Å². The van der Waals surface area contributed by atoms with Crippen LogP contribution in [0.2, 0.25) is 0 Å². The molecule has 0 radical (unpaired) electrons. The molecule has 76 valence electrons. The molecule has 2 nitrogen and oxygen atoms in total. The fourth-order valence-electron chi connectivity index (χ4n) is 1.89. The topological polar surface area (TPSA) is 21.3 Å². The maximum Gasteiger partial charge on any atom is 0.0619 e. The van der Waals surface area contributed by atoms with Gasteiger partial charge in [-0.2, -0.15) is 0 Å². The van der Waals surface area contributed by atoms with Crippen LogP contribution in [0.5, 0.6) is 0 Å². The molecule has 1 heterocycles. The van der Waals surface area contributed by atoms with Gasteiger partial charge in [0.25, 0.3) is 0 Å². The summed E-state index contributed by atoms with van der Waals surface area (Å²) in [6.45, 7) is 1.73. The number of hydrogen-bond donors (Lipinski definition) is 1. The molecule has 0 spiro atoms. The van der Waals surface area contributed by atoms with E-state index in [0.29, 0.717) is 6.04 Å². The summed E-state index contributed by atoms with van der Waals surface area (Å²) < 4.78 is 6.38. The van der Waals surface area contributed by atoms with Crippen LogP contribution in [-0.4, -0.2) is 19.8 Å². The van der Waals surface area contributed by atoms with E-state index >= 15 is 0 Å². The van der Waals surface area contributed by atoms with E-state index in [0.717, 1.165) is 19.6 Å². The summed E-state index contributed by atoms with van der Waals surface area (Å²) in [5.74, 6) is 0. The van der Waals surface area contributed by atoms with Crippen LogP contribution >= 0.6 is 15.9 Å². The third-order valence-corrected chi connectivity index (χ3v) is 3.36. The van der Waals surface area contributed by atoms with Crippen LogP contribution in [0.25, 0.3) is 0 Å². The standard InChI is InChI=1S/C11H14BrNO/c1-14-7-9-5-10-8(6-13-9)3-2-4-11(10)12/h2-4,9,13H,5-7H2,1H3/t9-/m1/s1. The van der Waals surface area contributed by atoms with Crippen molar-refractivity contribution in [2.24, 2.45) is 0 Å². The Morgan fingerprint density at radius 1 is 1.57 bits per heavy atom. The van der Waals surface area contributed by atoms with Crippen LogP contribution in [0.4, 0.5) is 0 Å². The molecule has 0 saturated heterocycles. The second-order valence-corrected chi connectivity index (χ2v) is 4.47. The maximum absolute atomic E-state index is 5.16. The lowest BCUT2D eigenvalue weighted by Gasteiger charge is -2.26. The summed E-state index contributed by atoms with van der Waals surface area (Å²) in [5.41, 5.74) is 2.82. The average molecular weight is 256 g/mol. The molecule has 1 aliphatic rings. The van der Waals surface area contributed by atoms with Crippen molar-refractivity contribution in [1.29, 1.82) is 0 Å². The predicted molar refractivity (Wildman–Crippen MR) is 60.3 cm³/mol. The average Bonchev–Trinajstić information content (AvgIpc) is 2.20. The van der Waals surface area contributed by atoms with Crippen LogP contribution < -0.4 is 5.32 Å². The van der Waals surface area contributed by atoms with Gasteiger partial charge in [0.15, 0.2) is 0 Å². The normalized spacial score (nSPS) is 20.6. The summed E-state index contributed by atoms with van der Waals surface area (Å²) in [4.78, 5) is 0. The fraction of sp³-hybridized carbons (Fsp3) is 0.455. The van der Waals surface area contributed by atoms with Crippen LogP contribution in [0.3, 0.4) is 0 Å².